The van der Waals surface area contributed by atoms with E-state index in [9.17, 15) is 18.3 Å². The van der Waals surface area contributed by atoms with Crippen molar-refractivity contribution in [3.8, 4) is 0 Å². The van der Waals surface area contributed by atoms with Crippen LogP contribution in [0.25, 0.3) is 0 Å². The van der Waals surface area contributed by atoms with Gasteiger partial charge in [-0.2, -0.15) is 0 Å². The lowest BCUT2D eigenvalue weighted by molar-refractivity contribution is 0.191. The quantitative estimate of drug-likeness (QED) is 0.877. The molecule has 0 bridgehead atoms. The van der Waals surface area contributed by atoms with Crippen LogP contribution >= 0.6 is 15.9 Å². The molecule has 0 aliphatic rings. The highest BCUT2D eigenvalue weighted by Gasteiger charge is 2.13. The number of anilines is 1. The Hall–Kier alpha value is -1.53. The van der Waals surface area contributed by atoms with E-state index >= 15 is 0 Å². The molecule has 2 N–H and O–H groups in total. The second-order valence-corrected chi connectivity index (χ2v) is 5.05. The Morgan fingerprint density at radius 1 is 1.10 bits per heavy atom. The summed E-state index contributed by atoms with van der Waals surface area (Å²) in [7, 11) is 0. The van der Waals surface area contributed by atoms with E-state index in [4.69, 9.17) is 0 Å². The molecule has 106 valence electrons. The first-order chi connectivity index (χ1) is 9.47. The Morgan fingerprint density at radius 2 is 1.85 bits per heavy atom. The van der Waals surface area contributed by atoms with Crippen molar-refractivity contribution in [2.24, 2.45) is 0 Å². The van der Waals surface area contributed by atoms with Gasteiger partial charge in [0.2, 0.25) is 0 Å². The minimum absolute atomic E-state index is 0.0371. The van der Waals surface area contributed by atoms with Gasteiger partial charge in [0.25, 0.3) is 0 Å². The van der Waals surface area contributed by atoms with Crippen molar-refractivity contribution < 1.29 is 18.3 Å². The molecule has 0 aliphatic heterocycles. The molecule has 0 amide bonds. The van der Waals surface area contributed by atoms with Gasteiger partial charge in [-0.1, -0.05) is 12.1 Å². The summed E-state index contributed by atoms with van der Waals surface area (Å²) in [5.41, 5.74) is 0.415. The van der Waals surface area contributed by atoms with Gasteiger partial charge in [-0.3, -0.25) is 0 Å². The van der Waals surface area contributed by atoms with E-state index in [0.717, 1.165) is 12.1 Å². The normalized spacial score (nSPS) is 12.2. The predicted octanol–water partition coefficient (Wildman–Crippen LogP) is 4.01. The Morgan fingerprint density at radius 3 is 2.50 bits per heavy atom. The standard InChI is InChI=1S/C14H11BrF3NO/c15-11-5-10(17)6-12(18)14(11)19-7-13(20)8-2-1-3-9(16)4-8/h1-6,13,19-20H,7H2. The number of aliphatic hydroxyl groups excluding tert-OH is 1. The molecular weight excluding hydrogens is 335 g/mol. The second-order valence-electron chi connectivity index (χ2n) is 4.20. The van der Waals surface area contributed by atoms with Gasteiger partial charge < -0.3 is 10.4 Å². The number of hydrogen-bond donors (Lipinski definition) is 2. The first-order valence-corrected chi connectivity index (χ1v) is 6.58. The van der Waals surface area contributed by atoms with E-state index in [2.05, 4.69) is 21.2 Å². The zero-order chi connectivity index (χ0) is 14.7. The molecule has 0 aliphatic carbocycles. The van der Waals surface area contributed by atoms with Crippen LogP contribution in [0.15, 0.2) is 40.9 Å². The molecule has 6 heteroatoms. The Bertz CT molecular complexity index is 598. The van der Waals surface area contributed by atoms with Crippen molar-refractivity contribution in [2.45, 2.75) is 6.10 Å². The molecule has 20 heavy (non-hydrogen) atoms. The lowest BCUT2D eigenvalue weighted by Gasteiger charge is -2.15. The van der Waals surface area contributed by atoms with Crippen LogP contribution in [0.1, 0.15) is 11.7 Å². The third-order valence-corrected chi connectivity index (χ3v) is 3.34. The first-order valence-electron chi connectivity index (χ1n) is 5.79. The largest absolute Gasteiger partial charge is 0.387 e. The van der Waals surface area contributed by atoms with Gasteiger partial charge >= 0.3 is 0 Å². The van der Waals surface area contributed by atoms with Crippen LogP contribution in [0.2, 0.25) is 0 Å². The van der Waals surface area contributed by atoms with Crippen molar-refractivity contribution >= 4 is 21.6 Å². The number of benzene rings is 2. The Labute approximate surface area is 122 Å². The van der Waals surface area contributed by atoms with E-state index < -0.39 is 23.6 Å². The number of halogens is 4. The summed E-state index contributed by atoms with van der Waals surface area (Å²) < 4.78 is 39.7. The summed E-state index contributed by atoms with van der Waals surface area (Å²) >= 11 is 3.03. The van der Waals surface area contributed by atoms with Crippen LogP contribution < -0.4 is 5.32 Å². The highest BCUT2D eigenvalue weighted by Crippen LogP contribution is 2.27. The number of hydrogen-bond acceptors (Lipinski definition) is 2. The van der Waals surface area contributed by atoms with Crippen LogP contribution in [0.4, 0.5) is 18.9 Å². The molecule has 0 fully saturated rings. The van der Waals surface area contributed by atoms with Gasteiger partial charge in [-0.25, -0.2) is 13.2 Å². The fraction of sp³-hybridized carbons (Fsp3) is 0.143. The van der Waals surface area contributed by atoms with Crippen LogP contribution in [0, 0.1) is 17.5 Å². The predicted molar refractivity (Wildman–Crippen MR) is 73.9 cm³/mol. The Kier molecular flexibility index (Phi) is 4.67. The molecule has 0 saturated carbocycles. The summed E-state index contributed by atoms with van der Waals surface area (Å²) in [6.45, 7) is -0.0371. The number of nitrogens with one attached hydrogen (secondary N) is 1. The summed E-state index contributed by atoms with van der Waals surface area (Å²) in [5, 5.41) is 12.6. The molecule has 2 rings (SSSR count). The number of rotatable bonds is 4. The average Bonchev–Trinajstić information content (AvgIpc) is 2.37. The molecule has 0 saturated heterocycles. The summed E-state index contributed by atoms with van der Waals surface area (Å²) in [5.74, 6) is -1.94. The second kappa shape index (κ2) is 6.28. The van der Waals surface area contributed by atoms with Crippen LogP contribution in [-0.4, -0.2) is 11.7 Å². The van der Waals surface area contributed by atoms with Crippen LogP contribution in [-0.2, 0) is 0 Å². The monoisotopic (exact) mass is 345 g/mol. The van der Waals surface area contributed by atoms with Gasteiger partial charge in [0.05, 0.1) is 11.8 Å². The Balaban J connectivity index is 2.09. The van der Waals surface area contributed by atoms with E-state index in [1.807, 2.05) is 0 Å². The van der Waals surface area contributed by atoms with E-state index in [-0.39, 0.29) is 16.7 Å². The van der Waals surface area contributed by atoms with E-state index in [0.29, 0.717) is 5.56 Å². The molecule has 2 aromatic rings. The van der Waals surface area contributed by atoms with Gasteiger partial charge in [-0.05, 0) is 39.7 Å². The first kappa shape index (κ1) is 14.9. The SMILES string of the molecule is OC(CNc1c(F)cc(F)cc1Br)c1cccc(F)c1. The van der Waals surface area contributed by atoms with Gasteiger partial charge in [0, 0.05) is 17.1 Å². The molecular formula is C14H11BrF3NO. The van der Waals surface area contributed by atoms with Gasteiger partial charge in [-0.15, -0.1) is 0 Å². The van der Waals surface area contributed by atoms with Gasteiger partial charge in [0.15, 0.2) is 0 Å². The van der Waals surface area contributed by atoms with Crippen molar-refractivity contribution in [2.75, 3.05) is 11.9 Å². The van der Waals surface area contributed by atoms with E-state index in [1.54, 1.807) is 6.07 Å². The van der Waals surface area contributed by atoms with Gasteiger partial charge in [0.1, 0.15) is 17.5 Å². The fourth-order valence-corrected chi connectivity index (χ4v) is 2.29. The van der Waals surface area contributed by atoms with Crippen molar-refractivity contribution in [1.82, 2.24) is 0 Å². The molecule has 1 atom stereocenters. The third kappa shape index (κ3) is 3.52. The molecule has 2 aromatic carbocycles. The fourth-order valence-electron chi connectivity index (χ4n) is 1.74. The summed E-state index contributed by atoms with van der Waals surface area (Å²) in [6, 6.07) is 7.34. The molecule has 2 nitrogen and oxygen atoms in total. The zero-order valence-electron chi connectivity index (χ0n) is 10.2. The highest BCUT2D eigenvalue weighted by atomic mass is 79.9. The average molecular weight is 346 g/mol. The zero-order valence-corrected chi connectivity index (χ0v) is 11.8. The lowest BCUT2D eigenvalue weighted by atomic mass is 10.1. The highest BCUT2D eigenvalue weighted by molar-refractivity contribution is 9.10. The molecule has 1 unspecified atom stereocenters. The smallest absolute Gasteiger partial charge is 0.150 e. The lowest BCUT2D eigenvalue weighted by Crippen LogP contribution is -2.13. The molecule has 0 heterocycles. The number of aliphatic hydroxyl groups is 1. The molecule has 0 spiro atoms. The summed E-state index contributed by atoms with van der Waals surface area (Å²) in [6.07, 6.45) is -1.01. The van der Waals surface area contributed by atoms with Crippen LogP contribution in [0.5, 0.6) is 0 Å². The van der Waals surface area contributed by atoms with Crippen molar-refractivity contribution in [3.63, 3.8) is 0 Å². The summed E-state index contributed by atoms with van der Waals surface area (Å²) in [4.78, 5) is 0. The molecule has 0 aromatic heterocycles. The molecule has 0 radical (unpaired) electrons. The van der Waals surface area contributed by atoms with Crippen LogP contribution in [0.3, 0.4) is 0 Å². The topological polar surface area (TPSA) is 32.3 Å². The third-order valence-electron chi connectivity index (χ3n) is 2.71. The maximum absolute atomic E-state index is 13.6. The van der Waals surface area contributed by atoms with E-state index in [1.165, 1.54) is 18.2 Å². The van der Waals surface area contributed by atoms with Crippen molar-refractivity contribution in [1.29, 1.82) is 0 Å². The minimum Gasteiger partial charge on any atom is -0.387 e. The maximum Gasteiger partial charge on any atom is 0.150 e. The van der Waals surface area contributed by atoms with Crippen molar-refractivity contribution in [3.05, 3.63) is 63.9 Å². The minimum atomic E-state index is -1.01. The maximum atomic E-state index is 13.6.